The van der Waals surface area contributed by atoms with Crippen molar-refractivity contribution in [2.75, 3.05) is 38.2 Å². The van der Waals surface area contributed by atoms with Crippen LogP contribution in [0.3, 0.4) is 0 Å². The molecule has 0 bridgehead atoms. The van der Waals surface area contributed by atoms with Gasteiger partial charge in [-0.05, 0) is 43.5 Å². The number of nitrogens with zero attached hydrogens (tertiary/aromatic N) is 4. The van der Waals surface area contributed by atoms with Crippen LogP contribution in [0, 0.1) is 0 Å². The van der Waals surface area contributed by atoms with Crippen LogP contribution in [0.5, 0.6) is 0 Å². The SMILES string of the molecule is O=C(NCC(c1cnc(C(F)(F)F)nc1)N1CCCOCC1)c1cccc2nc(NC3CC3)ccc12. The van der Waals surface area contributed by atoms with Crippen LogP contribution < -0.4 is 10.6 Å². The molecule has 11 heteroatoms. The number of carbonyl (C=O) groups excluding carboxylic acids is 1. The molecule has 3 heterocycles. The van der Waals surface area contributed by atoms with Gasteiger partial charge < -0.3 is 15.4 Å². The van der Waals surface area contributed by atoms with E-state index >= 15 is 0 Å². The van der Waals surface area contributed by atoms with Gasteiger partial charge in [-0.1, -0.05) is 6.07 Å². The molecule has 1 aliphatic carbocycles. The standard InChI is InChI=1S/C25H27F3N6O2/c26-25(27,28)24-30-13-16(14-31-24)21(34-9-2-11-36-12-10-34)15-29-23(35)19-3-1-4-20-18(19)7-8-22(33-20)32-17-5-6-17/h1,3-4,7-8,13-14,17,21H,2,5-6,9-12,15H2,(H,29,35)(H,32,33). The second-order valence-electron chi connectivity index (χ2n) is 9.05. The molecule has 1 saturated heterocycles. The number of hydrogen-bond donors (Lipinski definition) is 2. The lowest BCUT2D eigenvalue weighted by Crippen LogP contribution is -2.39. The molecule has 0 spiro atoms. The molecule has 3 aromatic rings. The fourth-order valence-corrected chi connectivity index (χ4v) is 4.35. The van der Waals surface area contributed by atoms with E-state index in [1.54, 1.807) is 12.1 Å². The molecule has 2 N–H and O–H groups in total. The second kappa shape index (κ2) is 10.4. The van der Waals surface area contributed by atoms with Gasteiger partial charge in [-0.3, -0.25) is 9.69 Å². The number of hydrogen-bond acceptors (Lipinski definition) is 7. The van der Waals surface area contributed by atoms with Crippen LogP contribution in [-0.2, 0) is 10.9 Å². The van der Waals surface area contributed by atoms with Gasteiger partial charge in [-0.25, -0.2) is 15.0 Å². The van der Waals surface area contributed by atoms with Crippen LogP contribution in [0.2, 0.25) is 0 Å². The lowest BCUT2D eigenvalue weighted by atomic mass is 10.1. The first kappa shape index (κ1) is 24.4. The van der Waals surface area contributed by atoms with Crippen molar-refractivity contribution in [1.82, 2.24) is 25.2 Å². The number of alkyl halides is 3. The van der Waals surface area contributed by atoms with Gasteiger partial charge in [0.25, 0.3) is 5.91 Å². The van der Waals surface area contributed by atoms with Crippen LogP contribution in [0.25, 0.3) is 10.9 Å². The van der Waals surface area contributed by atoms with Gasteiger partial charge in [-0.15, -0.1) is 0 Å². The van der Waals surface area contributed by atoms with Crippen LogP contribution in [0.4, 0.5) is 19.0 Å². The predicted molar refractivity (Wildman–Crippen MR) is 128 cm³/mol. The fourth-order valence-electron chi connectivity index (χ4n) is 4.35. The van der Waals surface area contributed by atoms with Crippen LogP contribution in [-0.4, -0.2) is 64.6 Å². The topological polar surface area (TPSA) is 92.3 Å². The van der Waals surface area contributed by atoms with Crippen molar-refractivity contribution in [1.29, 1.82) is 0 Å². The van der Waals surface area contributed by atoms with Crippen molar-refractivity contribution in [3.63, 3.8) is 0 Å². The maximum absolute atomic E-state index is 13.2. The summed E-state index contributed by atoms with van der Waals surface area (Å²) in [5.74, 6) is -0.686. The smallest absolute Gasteiger partial charge is 0.380 e. The van der Waals surface area contributed by atoms with Crippen LogP contribution >= 0.6 is 0 Å². The first-order chi connectivity index (χ1) is 17.4. The quantitative estimate of drug-likeness (QED) is 0.510. The lowest BCUT2D eigenvalue weighted by Gasteiger charge is -2.30. The Balaban J connectivity index is 1.35. The minimum absolute atomic E-state index is 0.179. The molecule has 1 unspecified atom stereocenters. The normalized spacial score (nSPS) is 18.0. The largest absolute Gasteiger partial charge is 0.451 e. The lowest BCUT2D eigenvalue weighted by molar-refractivity contribution is -0.145. The molecule has 1 amide bonds. The number of amides is 1. The van der Waals surface area contributed by atoms with Crippen molar-refractivity contribution in [3.05, 3.63) is 59.7 Å². The molecule has 2 aliphatic rings. The summed E-state index contributed by atoms with van der Waals surface area (Å²) < 4.78 is 44.4. The van der Waals surface area contributed by atoms with E-state index in [1.165, 1.54) is 12.4 Å². The van der Waals surface area contributed by atoms with Crippen molar-refractivity contribution >= 4 is 22.6 Å². The molecule has 2 fully saturated rings. The number of carbonyl (C=O) groups is 1. The Morgan fingerprint density at radius 2 is 1.92 bits per heavy atom. The summed E-state index contributed by atoms with van der Waals surface area (Å²) in [6.45, 7) is 2.55. The molecular weight excluding hydrogens is 473 g/mol. The molecule has 1 atom stereocenters. The summed E-state index contributed by atoms with van der Waals surface area (Å²) in [6, 6.07) is 9.22. The zero-order valence-corrected chi connectivity index (χ0v) is 19.6. The van der Waals surface area contributed by atoms with Crippen LogP contribution in [0.1, 0.15) is 47.1 Å². The molecule has 2 aromatic heterocycles. The highest BCUT2D eigenvalue weighted by Gasteiger charge is 2.35. The number of pyridine rings is 1. The molecule has 1 saturated carbocycles. The maximum atomic E-state index is 13.2. The Kier molecular flexibility index (Phi) is 7.01. The molecule has 190 valence electrons. The van der Waals surface area contributed by atoms with E-state index in [1.807, 2.05) is 18.2 Å². The average molecular weight is 501 g/mol. The van der Waals surface area contributed by atoms with Gasteiger partial charge in [0.05, 0.1) is 18.2 Å². The first-order valence-corrected chi connectivity index (χ1v) is 12.0. The van der Waals surface area contributed by atoms with Gasteiger partial charge >= 0.3 is 6.18 Å². The van der Waals surface area contributed by atoms with Crippen molar-refractivity contribution in [2.45, 2.75) is 37.5 Å². The highest BCUT2D eigenvalue weighted by atomic mass is 19.4. The van der Waals surface area contributed by atoms with Crippen LogP contribution in [0.15, 0.2) is 42.7 Å². The van der Waals surface area contributed by atoms with E-state index in [9.17, 15) is 18.0 Å². The third-order valence-corrected chi connectivity index (χ3v) is 6.37. The Morgan fingerprint density at radius 1 is 1.11 bits per heavy atom. The summed E-state index contributed by atoms with van der Waals surface area (Å²) >= 11 is 0. The number of anilines is 1. The zero-order valence-electron chi connectivity index (χ0n) is 19.6. The Labute approximate surface area is 206 Å². The molecule has 1 aromatic carbocycles. The maximum Gasteiger partial charge on any atom is 0.451 e. The van der Waals surface area contributed by atoms with Crippen molar-refractivity contribution in [2.24, 2.45) is 0 Å². The average Bonchev–Trinajstić information content (AvgIpc) is 3.71. The summed E-state index contributed by atoms with van der Waals surface area (Å²) in [4.78, 5) is 27.0. The van der Waals surface area contributed by atoms with E-state index in [0.29, 0.717) is 49.0 Å². The number of rotatable bonds is 7. The Morgan fingerprint density at radius 3 is 2.67 bits per heavy atom. The third kappa shape index (κ3) is 5.73. The Hall–Kier alpha value is -3.31. The molecule has 8 nitrogen and oxygen atoms in total. The zero-order chi connectivity index (χ0) is 25.1. The molecular formula is C25H27F3N6O2. The summed E-state index contributed by atoms with van der Waals surface area (Å²) in [5, 5.41) is 7.06. The number of halogens is 3. The van der Waals surface area contributed by atoms with E-state index in [2.05, 4.69) is 30.5 Å². The minimum atomic E-state index is -4.62. The monoisotopic (exact) mass is 500 g/mol. The van der Waals surface area contributed by atoms with Gasteiger partial charge in [0.15, 0.2) is 0 Å². The van der Waals surface area contributed by atoms with E-state index < -0.39 is 18.0 Å². The van der Waals surface area contributed by atoms with E-state index in [4.69, 9.17) is 4.74 Å². The Bertz CT molecular complexity index is 1210. The molecule has 36 heavy (non-hydrogen) atoms. The second-order valence-corrected chi connectivity index (χ2v) is 9.05. The molecule has 5 rings (SSSR count). The number of benzene rings is 1. The number of aromatic nitrogens is 3. The van der Waals surface area contributed by atoms with Crippen molar-refractivity contribution < 1.29 is 22.7 Å². The molecule has 0 radical (unpaired) electrons. The highest BCUT2D eigenvalue weighted by molar-refractivity contribution is 6.06. The fraction of sp³-hybridized carbons (Fsp3) is 0.440. The molecule has 1 aliphatic heterocycles. The van der Waals surface area contributed by atoms with Gasteiger partial charge in [0, 0.05) is 61.2 Å². The van der Waals surface area contributed by atoms with Gasteiger partial charge in [-0.2, -0.15) is 13.2 Å². The summed E-state index contributed by atoms with van der Waals surface area (Å²) in [5.41, 5.74) is 1.70. The summed E-state index contributed by atoms with van der Waals surface area (Å²) in [7, 11) is 0. The van der Waals surface area contributed by atoms with E-state index in [-0.39, 0.29) is 12.5 Å². The van der Waals surface area contributed by atoms with Crippen molar-refractivity contribution in [3.8, 4) is 0 Å². The third-order valence-electron chi connectivity index (χ3n) is 6.37. The number of fused-ring (bicyclic) bond motifs is 1. The highest BCUT2D eigenvalue weighted by Crippen LogP contribution is 2.28. The number of ether oxygens (including phenoxy) is 1. The number of nitrogens with one attached hydrogen (secondary N) is 2. The van der Waals surface area contributed by atoms with E-state index in [0.717, 1.165) is 30.5 Å². The van der Waals surface area contributed by atoms with Gasteiger partial charge in [0.2, 0.25) is 5.82 Å². The van der Waals surface area contributed by atoms with Gasteiger partial charge in [0.1, 0.15) is 5.82 Å². The summed E-state index contributed by atoms with van der Waals surface area (Å²) in [6.07, 6.45) is 0.809. The first-order valence-electron chi connectivity index (χ1n) is 12.0. The predicted octanol–water partition coefficient (Wildman–Crippen LogP) is 3.81. The minimum Gasteiger partial charge on any atom is -0.380 e.